The lowest BCUT2D eigenvalue weighted by Gasteiger charge is -2.17. The maximum atomic E-state index is 13.6. The Hall–Kier alpha value is -2.75. The van der Waals surface area contributed by atoms with Crippen LogP contribution in [0, 0.1) is 17.6 Å². The highest BCUT2D eigenvalue weighted by Crippen LogP contribution is 2.24. The van der Waals surface area contributed by atoms with Crippen LogP contribution in [0.2, 0.25) is 0 Å². The van der Waals surface area contributed by atoms with Crippen LogP contribution in [0.3, 0.4) is 0 Å². The van der Waals surface area contributed by atoms with E-state index in [9.17, 15) is 22.0 Å². The number of rotatable bonds is 5. The zero-order valence-electron chi connectivity index (χ0n) is 13.5. The number of primary amides is 1. The number of amides is 1. The molecule has 1 aliphatic heterocycles. The molecule has 0 saturated carbocycles. The van der Waals surface area contributed by atoms with Crippen LogP contribution < -0.4 is 15.4 Å². The van der Waals surface area contributed by atoms with Crippen molar-refractivity contribution in [2.45, 2.75) is 11.3 Å². The van der Waals surface area contributed by atoms with Crippen LogP contribution in [-0.4, -0.2) is 32.4 Å². The van der Waals surface area contributed by atoms with Gasteiger partial charge in [0.15, 0.2) is 0 Å². The summed E-state index contributed by atoms with van der Waals surface area (Å²) in [6.07, 6.45) is 1.73. The Morgan fingerprint density at radius 1 is 1.27 bits per heavy atom. The molecule has 1 atom stereocenters. The third-order valence-corrected chi connectivity index (χ3v) is 5.47. The molecule has 3 N–H and O–H groups in total. The van der Waals surface area contributed by atoms with E-state index in [0.717, 1.165) is 24.4 Å². The number of anilines is 2. The second kappa shape index (κ2) is 6.87. The number of carbonyl (C=O) groups is 1. The van der Waals surface area contributed by atoms with Gasteiger partial charge in [-0.25, -0.2) is 22.2 Å². The molecule has 7 nitrogen and oxygen atoms in total. The highest BCUT2D eigenvalue weighted by Gasteiger charge is 2.27. The Morgan fingerprint density at radius 2 is 2.04 bits per heavy atom. The summed E-state index contributed by atoms with van der Waals surface area (Å²) in [4.78, 5) is 16.9. The smallest absolute Gasteiger partial charge is 0.263 e. The van der Waals surface area contributed by atoms with Gasteiger partial charge in [0.05, 0.1) is 11.6 Å². The molecule has 1 fully saturated rings. The highest BCUT2D eigenvalue weighted by molar-refractivity contribution is 7.92. The highest BCUT2D eigenvalue weighted by atomic mass is 32.2. The van der Waals surface area contributed by atoms with Crippen LogP contribution in [0.1, 0.15) is 6.42 Å². The summed E-state index contributed by atoms with van der Waals surface area (Å²) in [6, 6.07) is 5.26. The lowest BCUT2D eigenvalue weighted by Crippen LogP contribution is -2.27. The predicted molar refractivity (Wildman–Crippen MR) is 90.9 cm³/mol. The lowest BCUT2D eigenvalue weighted by molar-refractivity contribution is -0.121. The van der Waals surface area contributed by atoms with E-state index in [4.69, 9.17) is 5.73 Å². The molecule has 10 heteroatoms. The second-order valence-electron chi connectivity index (χ2n) is 5.92. The molecule has 0 aliphatic carbocycles. The topological polar surface area (TPSA) is 105 Å². The molecule has 0 radical (unpaired) electrons. The standard InChI is InChI=1S/C16H16F2N4O3S/c17-11-1-3-13(18)14(7-11)21-26(24,25)12-2-4-15(20-8-12)22-6-5-10(9-22)16(19)23/h1-4,7-8,10,21H,5-6,9H2,(H2,19,23)/t10-/m0/s1. The third-order valence-electron chi connectivity index (χ3n) is 4.12. The van der Waals surface area contributed by atoms with E-state index in [-0.39, 0.29) is 16.7 Å². The van der Waals surface area contributed by atoms with Gasteiger partial charge >= 0.3 is 0 Å². The van der Waals surface area contributed by atoms with Crippen molar-refractivity contribution < 1.29 is 22.0 Å². The maximum Gasteiger partial charge on any atom is 0.263 e. The van der Waals surface area contributed by atoms with Crippen LogP contribution in [0.15, 0.2) is 41.4 Å². The normalized spacial score (nSPS) is 17.3. The van der Waals surface area contributed by atoms with Crippen molar-refractivity contribution in [3.8, 4) is 0 Å². The number of halogens is 2. The van der Waals surface area contributed by atoms with E-state index < -0.39 is 27.3 Å². The minimum Gasteiger partial charge on any atom is -0.369 e. The van der Waals surface area contributed by atoms with E-state index in [1.54, 1.807) is 0 Å². The van der Waals surface area contributed by atoms with E-state index in [2.05, 4.69) is 4.98 Å². The van der Waals surface area contributed by atoms with Crippen molar-refractivity contribution in [3.63, 3.8) is 0 Å². The average molecular weight is 382 g/mol. The van der Waals surface area contributed by atoms with Crippen molar-refractivity contribution in [3.05, 3.63) is 48.2 Å². The Morgan fingerprint density at radius 3 is 2.65 bits per heavy atom. The van der Waals surface area contributed by atoms with Gasteiger partial charge in [0.1, 0.15) is 22.3 Å². The van der Waals surface area contributed by atoms with Gasteiger partial charge in [-0.05, 0) is 30.7 Å². The summed E-state index contributed by atoms with van der Waals surface area (Å²) in [6.45, 7) is 1.00. The molecular weight excluding hydrogens is 366 g/mol. The number of nitrogens with zero attached hydrogens (tertiary/aromatic N) is 2. The van der Waals surface area contributed by atoms with Gasteiger partial charge in [-0.3, -0.25) is 9.52 Å². The van der Waals surface area contributed by atoms with Crippen molar-refractivity contribution >= 4 is 27.4 Å². The average Bonchev–Trinajstić information content (AvgIpc) is 3.08. The van der Waals surface area contributed by atoms with E-state index in [1.165, 1.54) is 12.1 Å². The number of pyridine rings is 1. The number of sulfonamides is 1. The quantitative estimate of drug-likeness (QED) is 0.815. The molecule has 26 heavy (non-hydrogen) atoms. The predicted octanol–water partition coefficient (Wildman–Crippen LogP) is 1.47. The summed E-state index contributed by atoms with van der Waals surface area (Å²) in [5.74, 6) is -1.81. The van der Waals surface area contributed by atoms with E-state index >= 15 is 0 Å². The van der Waals surface area contributed by atoms with Crippen molar-refractivity contribution in [2.75, 3.05) is 22.7 Å². The lowest BCUT2D eigenvalue weighted by atomic mass is 10.1. The molecule has 1 aliphatic rings. The van der Waals surface area contributed by atoms with Gasteiger partial charge < -0.3 is 10.6 Å². The molecule has 0 bridgehead atoms. The minimum absolute atomic E-state index is 0.199. The summed E-state index contributed by atoms with van der Waals surface area (Å²) in [7, 11) is -4.13. The second-order valence-corrected chi connectivity index (χ2v) is 7.60. The van der Waals surface area contributed by atoms with Crippen molar-refractivity contribution in [1.29, 1.82) is 0 Å². The monoisotopic (exact) mass is 382 g/mol. The first-order valence-electron chi connectivity index (χ1n) is 7.74. The largest absolute Gasteiger partial charge is 0.369 e. The molecule has 1 saturated heterocycles. The molecule has 1 aromatic heterocycles. The molecule has 2 aromatic rings. The molecule has 2 heterocycles. The Kier molecular flexibility index (Phi) is 4.77. The Labute approximate surface area is 148 Å². The van der Waals surface area contributed by atoms with Crippen LogP contribution >= 0.6 is 0 Å². The first-order valence-corrected chi connectivity index (χ1v) is 9.23. The fraction of sp³-hybridized carbons (Fsp3) is 0.250. The molecule has 0 unspecified atom stereocenters. The van der Waals surface area contributed by atoms with Crippen LogP contribution in [0.25, 0.3) is 0 Å². The summed E-state index contributed by atoms with van der Waals surface area (Å²) in [5, 5.41) is 0. The first-order chi connectivity index (χ1) is 12.3. The van der Waals surface area contributed by atoms with E-state index in [1.807, 2.05) is 9.62 Å². The molecule has 0 spiro atoms. The number of nitrogens with one attached hydrogen (secondary N) is 1. The molecule has 1 aromatic carbocycles. The Balaban J connectivity index is 1.77. The molecular formula is C16H16F2N4O3S. The van der Waals surface area contributed by atoms with Crippen LogP contribution in [-0.2, 0) is 14.8 Å². The van der Waals surface area contributed by atoms with Gasteiger partial charge in [-0.15, -0.1) is 0 Å². The van der Waals surface area contributed by atoms with Gasteiger partial charge in [0.25, 0.3) is 10.0 Å². The minimum atomic E-state index is -4.13. The number of nitrogens with two attached hydrogens (primary N) is 1. The molecule has 3 rings (SSSR count). The number of benzene rings is 1. The SMILES string of the molecule is NC(=O)[C@H]1CCN(c2ccc(S(=O)(=O)Nc3cc(F)ccc3F)cn2)C1. The van der Waals surface area contributed by atoms with Crippen LogP contribution in [0.5, 0.6) is 0 Å². The van der Waals surface area contributed by atoms with Crippen molar-refractivity contribution in [2.24, 2.45) is 11.7 Å². The van der Waals surface area contributed by atoms with Crippen LogP contribution in [0.4, 0.5) is 20.3 Å². The van der Waals surface area contributed by atoms with Gasteiger partial charge in [0.2, 0.25) is 5.91 Å². The molecule has 138 valence electrons. The maximum absolute atomic E-state index is 13.6. The fourth-order valence-electron chi connectivity index (χ4n) is 2.70. The number of hydrogen-bond donors (Lipinski definition) is 2. The zero-order valence-corrected chi connectivity index (χ0v) is 14.3. The first kappa shape index (κ1) is 18.1. The van der Waals surface area contributed by atoms with Crippen molar-refractivity contribution in [1.82, 2.24) is 4.98 Å². The number of carbonyl (C=O) groups excluding carboxylic acids is 1. The zero-order chi connectivity index (χ0) is 18.9. The molecule has 1 amide bonds. The fourth-order valence-corrected chi connectivity index (χ4v) is 3.70. The van der Waals surface area contributed by atoms with Gasteiger partial charge in [-0.2, -0.15) is 0 Å². The van der Waals surface area contributed by atoms with E-state index in [0.29, 0.717) is 25.3 Å². The van der Waals surface area contributed by atoms with Gasteiger partial charge in [0, 0.05) is 25.4 Å². The summed E-state index contributed by atoms with van der Waals surface area (Å²) in [5.41, 5.74) is 4.80. The summed E-state index contributed by atoms with van der Waals surface area (Å²) < 4.78 is 53.5. The summed E-state index contributed by atoms with van der Waals surface area (Å²) >= 11 is 0. The third kappa shape index (κ3) is 3.74. The Bertz CT molecular complexity index is 935. The van der Waals surface area contributed by atoms with Gasteiger partial charge in [-0.1, -0.05) is 0 Å². The number of hydrogen-bond acceptors (Lipinski definition) is 5. The number of aromatic nitrogens is 1.